The predicted molar refractivity (Wildman–Crippen MR) is 123 cm³/mol. The number of nitrogens with one attached hydrogen (secondary N) is 2. The van der Waals surface area contributed by atoms with E-state index < -0.39 is 24.9 Å². The van der Waals surface area contributed by atoms with Crippen molar-refractivity contribution < 1.29 is 19.6 Å². The minimum atomic E-state index is -1.73. The van der Waals surface area contributed by atoms with Gasteiger partial charge in [0.1, 0.15) is 0 Å². The van der Waals surface area contributed by atoms with Crippen LogP contribution in [0.1, 0.15) is 11.3 Å². The van der Waals surface area contributed by atoms with Crippen LogP contribution in [0.5, 0.6) is 0 Å². The SMILES string of the molecule is O=C(/C=C/C(=O)NC(Cc1ccccc1)B(O)O)NCc1cccc(-c2ccccc2)n1. The second-order valence-electron chi connectivity index (χ2n) is 7.15. The molecule has 4 N–H and O–H groups in total. The summed E-state index contributed by atoms with van der Waals surface area (Å²) in [6, 6.07) is 24.4. The van der Waals surface area contributed by atoms with Gasteiger partial charge in [0.15, 0.2) is 0 Å². The Hall–Kier alpha value is -3.75. The van der Waals surface area contributed by atoms with Gasteiger partial charge in [0, 0.05) is 17.7 Å². The average Bonchev–Trinajstić information content (AvgIpc) is 2.82. The van der Waals surface area contributed by atoms with E-state index in [2.05, 4.69) is 15.6 Å². The summed E-state index contributed by atoms with van der Waals surface area (Å²) < 4.78 is 0. The van der Waals surface area contributed by atoms with Crippen molar-refractivity contribution in [2.24, 2.45) is 0 Å². The van der Waals surface area contributed by atoms with Gasteiger partial charge in [0.25, 0.3) is 0 Å². The van der Waals surface area contributed by atoms with Crippen LogP contribution in [0, 0.1) is 0 Å². The van der Waals surface area contributed by atoms with Gasteiger partial charge in [0.2, 0.25) is 11.8 Å². The molecule has 0 aliphatic rings. The van der Waals surface area contributed by atoms with E-state index in [0.29, 0.717) is 5.69 Å². The summed E-state index contributed by atoms with van der Waals surface area (Å²) in [4.78, 5) is 28.7. The molecule has 162 valence electrons. The van der Waals surface area contributed by atoms with Crippen LogP contribution in [0.15, 0.2) is 91.0 Å². The third-order valence-corrected chi connectivity index (χ3v) is 4.69. The van der Waals surface area contributed by atoms with Gasteiger partial charge in [0.05, 0.1) is 23.9 Å². The van der Waals surface area contributed by atoms with Gasteiger partial charge in [-0.25, -0.2) is 0 Å². The number of amides is 2. The Bertz CT molecular complexity index is 1060. The predicted octanol–water partition coefficient (Wildman–Crippen LogP) is 1.66. The van der Waals surface area contributed by atoms with E-state index in [4.69, 9.17) is 0 Å². The van der Waals surface area contributed by atoms with Crippen LogP contribution >= 0.6 is 0 Å². The molecule has 0 fully saturated rings. The van der Waals surface area contributed by atoms with Crippen LogP contribution in [-0.2, 0) is 22.6 Å². The maximum atomic E-state index is 12.1. The monoisotopic (exact) mass is 429 g/mol. The van der Waals surface area contributed by atoms with Crippen LogP contribution in [-0.4, -0.2) is 39.9 Å². The lowest BCUT2D eigenvalue weighted by Gasteiger charge is -2.16. The first-order valence-corrected chi connectivity index (χ1v) is 10.2. The molecule has 8 heteroatoms. The minimum Gasteiger partial charge on any atom is -0.426 e. The summed E-state index contributed by atoms with van der Waals surface area (Å²) in [7, 11) is -1.73. The van der Waals surface area contributed by atoms with Crippen LogP contribution in [0.2, 0.25) is 0 Å². The molecule has 3 rings (SSSR count). The Morgan fingerprint density at radius 2 is 1.53 bits per heavy atom. The van der Waals surface area contributed by atoms with E-state index in [1.54, 1.807) is 6.07 Å². The van der Waals surface area contributed by atoms with Crippen molar-refractivity contribution >= 4 is 18.9 Å². The number of hydrogen-bond acceptors (Lipinski definition) is 5. The zero-order valence-corrected chi connectivity index (χ0v) is 17.4. The molecule has 1 unspecified atom stereocenters. The Morgan fingerprint density at radius 3 is 2.22 bits per heavy atom. The van der Waals surface area contributed by atoms with Crippen molar-refractivity contribution in [2.75, 3.05) is 0 Å². The lowest BCUT2D eigenvalue weighted by molar-refractivity contribution is -0.119. The van der Waals surface area contributed by atoms with Gasteiger partial charge in [-0.15, -0.1) is 0 Å². The molecule has 2 aromatic carbocycles. The van der Waals surface area contributed by atoms with Crippen molar-refractivity contribution in [1.29, 1.82) is 0 Å². The molecule has 0 radical (unpaired) electrons. The van der Waals surface area contributed by atoms with Gasteiger partial charge in [-0.05, 0) is 24.1 Å². The number of carbonyl (C=O) groups excluding carboxylic acids is 2. The standard InChI is InChI=1S/C24H24BN3O4/c29-23(26-17-20-12-7-13-21(27-20)19-10-5-2-6-11-19)14-15-24(30)28-22(25(31)32)16-18-8-3-1-4-9-18/h1-15,22,31-32H,16-17H2,(H,26,29)(H,28,30)/b15-14+. The van der Waals surface area contributed by atoms with Gasteiger partial charge in [-0.3, -0.25) is 14.6 Å². The summed E-state index contributed by atoms with van der Waals surface area (Å²) in [6.07, 6.45) is 2.40. The molecule has 32 heavy (non-hydrogen) atoms. The fourth-order valence-electron chi connectivity index (χ4n) is 3.07. The lowest BCUT2D eigenvalue weighted by Crippen LogP contribution is -2.47. The Kier molecular flexibility index (Phi) is 8.31. The van der Waals surface area contributed by atoms with E-state index in [1.807, 2.05) is 72.8 Å². The molecule has 1 aromatic heterocycles. The third-order valence-electron chi connectivity index (χ3n) is 4.69. The highest BCUT2D eigenvalue weighted by atomic mass is 16.4. The fourth-order valence-corrected chi connectivity index (χ4v) is 3.07. The van der Waals surface area contributed by atoms with E-state index in [9.17, 15) is 19.6 Å². The molecule has 7 nitrogen and oxygen atoms in total. The number of aromatic nitrogens is 1. The van der Waals surface area contributed by atoms with Gasteiger partial charge < -0.3 is 20.7 Å². The first-order chi connectivity index (χ1) is 15.5. The first-order valence-electron chi connectivity index (χ1n) is 10.2. The first kappa shape index (κ1) is 22.9. The average molecular weight is 429 g/mol. The number of hydrogen-bond donors (Lipinski definition) is 4. The summed E-state index contributed by atoms with van der Waals surface area (Å²) in [6.45, 7) is 0.206. The largest absolute Gasteiger partial charge is 0.475 e. The minimum absolute atomic E-state index is 0.206. The van der Waals surface area contributed by atoms with E-state index in [0.717, 1.165) is 29.0 Å². The molecule has 2 amide bonds. The van der Waals surface area contributed by atoms with Crippen molar-refractivity contribution in [3.05, 3.63) is 102 Å². The fraction of sp³-hybridized carbons (Fsp3) is 0.125. The smallest absolute Gasteiger partial charge is 0.426 e. The van der Waals surface area contributed by atoms with Crippen LogP contribution in [0.3, 0.4) is 0 Å². The third kappa shape index (κ3) is 7.19. The molecule has 3 aromatic rings. The van der Waals surface area contributed by atoms with E-state index in [-0.39, 0.29) is 13.0 Å². The quantitative estimate of drug-likeness (QED) is 0.306. The van der Waals surface area contributed by atoms with E-state index >= 15 is 0 Å². The highest BCUT2D eigenvalue weighted by Gasteiger charge is 2.24. The summed E-state index contributed by atoms with van der Waals surface area (Å²) >= 11 is 0. The second kappa shape index (κ2) is 11.6. The van der Waals surface area contributed by atoms with Crippen molar-refractivity contribution in [1.82, 2.24) is 15.6 Å². The molecular weight excluding hydrogens is 405 g/mol. The highest BCUT2D eigenvalue weighted by Crippen LogP contribution is 2.16. The molecule has 1 atom stereocenters. The summed E-state index contributed by atoms with van der Waals surface area (Å²) in [5.74, 6) is -1.96. The second-order valence-corrected chi connectivity index (χ2v) is 7.15. The number of nitrogens with zero attached hydrogens (tertiary/aromatic N) is 1. The molecule has 0 spiro atoms. The Balaban J connectivity index is 1.51. The van der Waals surface area contributed by atoms with E-state index in [1.165, 1.54) is 0 Å². The number of carbonyl (C=O) groups is 2. The van der Waals surface area contributed by atoms with Gasteiger partial charge in [-0.2, -0.15) is 0 Å². The number of pyridine rings is 1. The van der Waals surface area contributed by atoms with Crippen molar-refractivity contribution in [3.8, 4) is 11.3 Å². The summed E-state index contributed by atoms with van der Waals surface area (Å²) in [5.41, 5.74) is 3.31. The molecule has 0 aliphatic carbocycles. The normalized spacial score (nSPS) is 11.7. The Morgan fingerprint density at radius 1 is 0.875 bits per heavy atom. The number of benzene rings is 2. The van der Waals surface area contributed by atoms with Crippen LogP contribution in [0.4, 0.5) is 0 Å². The molecule has 1 heterocycles. The van der Waals surface area contributed by atoms with Crippen molar-refractivity contribution in [3.63, 3.8) is 0 Å². The molecule has 0 saturated heterocycles. The zero-order valence-electron chi connectivity index (χ0n) is 17.4. The molecule has 0 aliphatic heterocycles. The Labute approximate surface area is 187 Å². The van der Waals surface area contributed by atoms with Crippen LogP contribution < -0.4 is 10.6 Å². The topological polar surface area (TPSA) is 112 Å². The molecule has 0 bridgehead atoms. The van der Waals surface area contributed by atoms with Crippen molar-refractivity contribution in [2.45, 2.75) is 18.9 Å². The molecular formula is C24H24BN3O4. The van der Waals surface area contributed by atoms with Gasteiger partial charge >= 0.3 is 7.12 Å². The number of rotatable bonds is 9. The van der Waals surface area contributed by atoms with Crippen LogP contribution in [0.25, 0.3) is 11.3 Å². The lowest BCUT2D eigenvalue weighted by atomic mass is 9.76. The maximum Gasteiger partial charge on any atom is 0.475 e. The maximum absolute atomic E-state index is 12.1. The highest BCUT2D eigenvalue weighted by molar-refractivity contribution is 6.43. The zero-order chi connectivity index (χ0) is 22.8. The van der Waals surface area contributed by atoms with Gasteiger partial charge in [-0.1, -0.05) is 66.7 Å². The summed E-state index contributed by atoms with van der Waals surface area (Å²) in [5, 5.41) is 24.3. The molecule has 0 saturated carbocycles.